The Balaban J connectivity index is 1.77. The van der Waals surface area contributed by atoms with Gasteiger partial charge in [-0.2, -0.15) is 0 Å². The Morgan fingerprint density at radius 1 is 1.09 bits per heavy atom. The van der Waals surface area contributed by atoms with E-state index in [2.05, 4.69) is 31.5 Å². The Kier molecular flexibility index (Phi) is 8.54. The van der Waals surface area contributed by atoms with E-state index in [1.165, 1.54) is 0 Å². The van der Waals surface area contributed by atoms with Gasteiger partial charge in [-0.05, 0) is 80.4 Å². The Labute approximate surface area is 207 Å². The van der Waals surface area contributed by atoms with Crippen molar-refractivity contribution >= 4 is 39.3 Å². The molecular formula is C26H27BrN4O3. The number of hydrogen-bond donors (Lipinski definition) is 3. The normalized spacial score (nSPS) is 11.6. The molecule has 0 aliphatic heterocycles. The van der Waals surface area contributed by atoms with E-state index in [0.717, 1.165) is 15.6 Å². The monoisotopic (exact) mass is 522 g/mol. The van der Waals surface area contributed by atoms with Crippen molar-refractivity contribution in [2.45, 2.75) is 39.3 Å². The number of nitrogens with zero attached hydrogens (tertiary/aromatic N) is 1. The number of amides is 2. The molecule has 8 heteroatoms. The summed E-state index contributed by atoms with van der Waals surface area (Å²) in [5.74, 6) is -0.240. The summed E-state index contributed by atoms with van der Waals surface area (Å²) in [5, 5.41) is 14.4. The minimum atomic E-state index is -0.525. The second-order valence-corrected chi connectivity index (χ2v) is 8.99. The van der Waals surface area contributed by atoms with E-state index in [1.54, 1.807) is 50.4 Å². The van der Waals surface area contributed by atoms with Gasteiger partial charge in [0, 0.05) is 34.1 Å². The third-order valence-corrected chi connectivity index (χ3v) is 5.53. The summed E-state index contributed by atoms with van der Waals surface area (Å²) in [5.41, 5.74) is 3.68. The lowest BCUT2D eigenvalue weighted by Gasteiger charge is -2.20. The number of halogens is 1. The summed E-state index contributed by atoms with van der Waals surface area (Å²) in [6.45, 7) is 5.44. The van der Waals surface area contributed by atoms with Gasteiger partial charge in [0.15, 0.2) is 0 Å². The molecule has 176 valence electrons. The Hall–Kier alpha value is -3.52. The molecule has 0 radical (unpaired) electrons. The summed E-state index contributed by atoms with van der Waals surface area (Å²) in [6, 6.07) is 17.4. The van der Waals surface area contributed by atoms with Gasteiger partial charge >= 0.3 is 6.09 Å². The largest absolute Gasteiger partial charge is 0.447 e. The van der Waals surface area contributed by atoms with Gasteiger partial charge in [-0.3, -0.25) is 15.1 Å². The lowest BCUT2D eigenvalue weighted by molar-refractivity contribution is 0.0936. The van der Waals surface area contributed by atoms with E-state index in [4.69, 9.17) is 10.1 Å². The summed E-state index contributed by atoms with van der Waals surface area (Å²) < 4.78 is 6.00. The van der Waals surface area contributed by atoms with Gasteiger partial charge in [0.1, 0.15) is 0 Å². The molecule has 3 N–H and O–H groups in total. The molecule has 0 saturated carbocycles. The molecule has 1 heterocycles. The predicted molar refractivity (Wildman–Crippen MR) is 136 cm³/mol. The minimum Gasteiger partial charge on any atom is -0.447 e. The maximum Gasteiger partial charge on any atom is 0.411 e. The molecule has 0 bridgehead atoms. The zero-order valence-corrected chi connectivity index (χ0v) is 20.8. The standard InChI is InChI=1S/C26H27BrN4O3/c1-16(2)34-26(33)30-20-11-12-21(17(3)14-20)22(28)15-24(23-6-4-5-13-29-23)31-25(32)18-7-9-19(27)10-8-18/h4-14,16,24,28H,15H2,1-3H3,(H,30,33)(H,31,32). The summed E-state index contributed by atoms with van der Waals surface area (Å²) in [6.07, 6.45) is 1.18. The molecular weight excluding hydrogens is 496 g/mol. The molecule has 2 aromatic carbocycles. The first kappa shape index (κ1) is 25.1. The van der Waals surface area contributed by atoms with Crippen LogP contribution in [0.15, 0.2) is 71.3 Å². The fraction of sp³-hybridized carbons (Fsp3) is 0.231. The zero-order chi connectivity index (χ0) is 24.7. The summed E-state index contributed by atoms with van der Waals surface area (Å²) in [4.78, 5) is 29.1. The van der Waals surface area contributed by atoms with Crippen molar-refractivity contribution in [1.82, 2.24) is 10.3 Å². The van der Waals surface area contributed by atoms with Gasteiger partial charge in [0.25, 0.3) is 5.91 Å². The molecule has 2 amide bonds. The highest BCUT2D eigenvalue weighted by Gasteiger charge is 2.20. The number of pyridine rings is 1. The first-order valence-electron chi connectivity index (χ1n) is 10.9. The molecule has 3 rings (SSSR count). The number of aryl methyl sites for hydroxylation is 1. The first-order valence-corrected chi connectivity index (χ1v) is 11.7. The maximum absolute atomic E-state index is 12.9. The molecule has 1 atom stereocenters. The van der Waals surface area contributed by atoms with Crippen molar-refractivity contribution in [1.29, 1.82) is 5.41 Å². The van der Waals surface area contributed by atoms with E-state index in [0.29, 0.717) is 22.7 Å². The second kappa shape index (κ2) is 11.6. The second-order valence-electron chi connectivity index (χ2n) is 8.08. The molecule has 0 aliphatic rings. The summed E-state index contributed by atoms with van der Waals surface area (Å²) >= 11 is 3.38. The van der Waals surface area contributed by atoms with Crippen LogP contribution in [0.25, 0.3) is 0 Å². The molecule has 0 fully saturated rings. The van der Waals surface area contributed by atoms with Crippen molar-refractivity contribution in [2.24, 2.45) is 0 Å². The van der Waals surface area contributed by atoms with Gasteiger partial charge < -0.3 is 15.5 Å². The SMILES string of the molecule is Cc1cc(NC(=O)OC(C)C)ccc1C(=N)CC(NC(=O)c1ccc(Br)cc1)c1ccccn1. The van der Waals surface area contributed by atoms with Crippen molar-refractivity contribution < 1.29 is 14.3 Å². The Bertz CT molecular complexity index is 1160. The minimum absolute atomic E-state index is 0.218. The number of carbonyl (C=O) groups excluding carboxylic acids is 2. The van der Waals surface area contributed by atoms with Crippen LogP contribution in [-0.4, -0.2) is 28.8 Å². The number of nitrogens with one attached hydrogen (secondary N) is 3. The number of rotatable bonds is 8. The van der Waals surface area contributed by atoms with E-state index < -0.39 is 12.1 Å². The van der Waals surface area contributed by atoms with E-state index in [-0.39, 0.29) is 18.4 Å². The Morgan fingerprint density at radius 2 is 1.82 bits per heavy atom. The highest BCUT2D eigenvalue weighted by molar-refractivity contribution is 9.10. The quantitative estimate of drug-likeness (QED) is 0.313. The highest BCUT2D eigenvalue weighted by atomic mass is 79.9. The number of carbonyl (C=O) groups is 2. The van der Waals surface area contributed by atoms with Crippen LogP contribution < -0.4 is 10.6 Å². The third-order valence-electron chi connectivity index (χ3n) is 5.01. The lowest BCUT2D eigenvalue weighted by atomic mass is 9.96. The third kappa shape index (κ3) is 6.99. The van der Waals surface area contributed by atoms with Crippen LogP contribution in [0.5, 0.6) is 0 Å². The highest BCUT2D eigenvalue weighted by Crippen LogP contribution is 2.22. The molecule has 34 heavy (non-hydrogen) atoms. The van der Waals surface area contributed by atoms with E-state index >= 15 is 0 Å². The van der Waals surface area contributed by atoms with Gasteiger partial charge in [-0.15, -0.1) is 0 Å². The topological polar surface area (TPSA) is 104 Å². The molecule has 0 aliphatic carbocycles. The predicted octanol–water partition coefficient (Wildman–Crippen LogP) is 6.04. The van der Waals surface area contributed by atoms with Crippen LogP contribution in [0, 0.1) is 12.3 Å². The molecule has 3 aromatic rings. The average molecular weight is 523 g/mol. The van der Waals surface area contributed by atoms with Gasteiger partial charge in [0.05, 0.1) is 17.8 Å². The van der Waals surface area contributed by atoms with Crippen molar-refractivity contribution in [3.05, 3.63) is 93.7 Å². The molecule has 1 unspecified atom stereocenters. The van der Waals surface area contributed by atoms with Crippen LogP contribution in [0.3, 0.4) is 0 Å². The first-order chi connectivity index (χ1) is 16.2. The molecule has 1 aromatic heterocycles. The van der Waals surface area contributed by atoms with Crippen molar-refractivity contribution in [2.75, 3.05) is 5.32 Å². The van der Waals surface area contributed by atoms with Crippen LogP contribution in [-0.2, 0) is 4.74 Å². The smallest absolute Gasteiger partial charge is 0.411 e. The summed E-state index contributed by atoms with van der Waals surface area (Å²) in [7, 11) is 0. The molecule has 0 spiro atoms. The molecule has 7 nitrogen and oxygen atoms in total. The Morgan fingerprint density at radius 3 is 2.44 bits per heavy atom. The number of aromatic nitrogens is 1. The van der Waals surface area contributed by atoms with Crippen LogP contribution >= 0.6 is 15.9 Å². The van der Waals surface area contributed by atoms with Crippen LogP contribution in [0.1, 0.15) is 53.5 Å². The van der Waals surface area contributed by atoms with Crippen molar-refractivity contribution in [3.63, 3.8) is 0 Å². The van der Waals surface area contributed by atoms with Crippen LogP contribution in [0.4, 0.5) is 10.5 Å². The molecule has 0 saturated heterocycles. The van der Waals surface area contributed by atoms with Gasteiger partial charge in [-0.1, -0.05) is 28.1 Å². The zero-order valence-electron chi connectivity index (χ0n) is 19.3. The average Bonchev–Trinajstić information content (AvgIpc) is 2.79. The maximum atomic E-state index is 12.9. The van der Waals surface area contributed by atoms with Gasteiger partial charge in [-0.25, -0.2) is 4.79 Å². The number of anilines is 1. The number of ether oxygens (including phenoxy) is 1. The number of benzene rings is 2. The van der Waals surface area contributed by atoms with E-state index in [1.807, 2.05) is 37.3 Å². The fourth-order valence-corrected chi connectivity index (χ4v) is 3.67. The van der Waals surface area contributed by atoms with Crippen LogP contribution in [0.2, 0.25) is 0 Å². The van der Waals surface area contributed by atoms with Crippen molar-refractivity contribution in [3.8, 4) is 0 Å². The van der Waals surface area contributed by atoms with E-state index in [9.17, 15) is 9.59 Å². The number of hydrogen-bond acceptors (Lipinski definition) is 5. The van der Waals surface area contributed by atoms with Gasteiger partial charge in [0.2, 0.25) is 0 Å². The fourth-order valence-electron chi connectivity index (χ4n) is 3.41. The lowest BCUT2D eigenvalue weighted by Crippen LogP contribution is -2.31.